The van der Waals surface area contributed by atoms with Crippen LogP contribution in [0.25, 0.3) is 0 Å². The third-order valence-corrected chi connectivity index (χ3v) is 2.75. The Balaban J connectivity index is 1.99. The van der Waals surface area contributed by atoms with E-state index in [4.69, 9.17) is 4.74 Å². The second kappa shape index (κ2) is 5.04. The summed E-state index contributed by atoms with van der Waals surface area (Å²) in [6.07, 6.45) is 0.609. The maximum Gasteiger partial charge on any atom is 0.261 e. The highest BCUT2D eigenvalue weighted by molar-refractivity contribution is 6.21. The zero-order valence-corrected chi connectivity index (χ0v) is 10.3. The number of nitrogens with zero attached hydrogens (tertiary/aromatic N) is 1. The van der Waals surface area contributed by atoms with Crippen molar-refractivity contribution in [1.29, 1.82) is 0 Å². The molecule has 0 aromatic heterocycles. The number of hydrogen-bond donors (Lipinski definition) is 0. The van der Waals surface area contributed by atoms with E-state index >= 15 is 0 Å². The molecule has 4 nitrogen and oxygen atoms in total. The highest BCUT2D eigenvalue weighted by atomic mass is 16.5. The second-order valence-electron chi connectivity index (χ2n) is 4.21. The predicted octanol–water partition coefficient (Wildman–Crippen LogP) is 2.22. The van der Waals surface area contributed by atoms with Gasteiger partial charge in [0.2, 0.25) is 0 Å². The average molecular weight is 245 g/mol. The van der Waals surface area contributed by atoms with Crippen LogP contribution in [-0.4, -0.2) is 29.9 Å². The molecule has 0 unspecified atom stereocenters. The van der Waals surface area contributed by atoms with E-state index in [0.717, 1.165) is 0 Å². The summed E-state index contributed by atoms with van der Waals surface area (Å²) < 4.78 is 5.21. The summed E-state index contributed by atoms with van der Waals surface area (Å²) in [5, 5.41) is 0. The molecule has 1 aromatic rings. The monoisotopic (exact) mass is 245 g/mol. The van der Waals surface area contributed by atoms with Gasteiger partial charge < -0.3 is 4.74 Å². The summed E-state index contributed by atoms with van der Waals surface area (Å²) >= 11 is 0. The van der Waals surface area contributed by atoms with Crippen molar-refractivity contribution in [2.45, 2.75) is 13.3 Å². The molecule has 94 valence electrons. The van der Waals surface area contributed by atoms with Crippen molar-refractivity contribution in [3.63, 3.8) is 0 Å². The van der Waals surface area contributed by atoms with E-state index in [2.05, 4.69) is 6.58 Å². The molecule has 1 aliphatic heterocycles. The molecule has 1 aromatic carbocycles. The van der Waals surface area contributed by atoms with Gasteiger partial charge in [0.15, 0.2) is 0 Å². The maximum absolute atomic E-state index is 12.0. The van der Waals surface area contributed by atoms with Crippen molar-refractivity contribution in [3.05, 3.63) is 47.7 Å². The van der Waals surface area contributed by atoms with Crippen LogP contribution in [0, 0.1) is 0 Å². The minimum atomic E-state index is -0.217. The number of rotatable bonds is 5. The summed E-state index contributed by atoms with van der Waals surface area (Å²) in [7, 11) is 0. The number of fused-ring (bicyclic) bond motifs is 1. The van der Waals surface area contributed by atoms with Crippen LogP contribution >= 0.6 is 0 Å². The third kappa shape index (κ3) is 2.27. The molecule has 0 radical (unpaired) electrons. The van der Waals surface area contributed by atoms with Crippen LogP contribution < -0.4 is 0 Å². The van der Waals surface area contributed by atoms with Crippen LogP contribution in [0.2, 0.25) is 0 Å². The summed E-state index contributed by atoms with van der Waals surface area (Å²) in [5.74, 6) is 0.203. The molecule has 0 bridgehead atoms. The van der Waals surface area contributed by atoms with Gasteiger partial charge in [0, 0.05) is 6.54 Å². The van der Waals surface area contributed by atoms with Crippen molar-refractivity contribution < 1.29 is 14.3 Å². The van der Waals surface area contributed by atoms with Gasteiger partial charge in [-0.25, -0.2) is 0 Å². The topological polar surface area (TPSA) is 46.6 Å². The van der Waals surface area contributed by atoms with Crippen molar-refractivity contribution in [2.75, 3.05) is 13.2 Å². The van der Waals surface area contributed by atoms with Gasteiger partial charge >= 0.3 is 0 Å². The Kier molecular flexibility index (Phi) is 3.46. The van der Waals surface area contributed by atoms with Gasteiger partial charge in [-0.05, 0) is 25.5 Å². The fourth-order valence-corrected chi connectivity index (χ4v) is 1.91. The Hall–Kier alpha value is -2.10. The first-order valence-electron chi connectivity index (χ1n) is 5.85. The predicted molar refractivity (Wildman–Crippen MR) is 67.2 cm³/mol. The Labute approximate surface area is 106 Å². The van der Waals surface area contributed by atoms with Crippen LogP contribution in [-0.2, 0) is 4.74 Å². The van der Waals surface area contributed by atoms with Crippen LogP contribution in [0.15, 0.2) is 36.6 Å². The molecule has 1 aliphatic rings. The summed E-state index contributed by atoms with van der Waals surface area (Å²) in [6.45, 7) is 6.22. The number of carbonyl (C=O) groups excluding carboxylic acids is 2. The fourth-order valence-electron chi connectivity index (χ4n) is 1.91. The smallest absolute Gasteiger partial charge is 0.261 e. The van der Waals surface area contributed by atoms with Gasteiger partial charge in [0.25, 0.3) is 11.8 Å². The molecule has 0 saturated heterocycles. The van der Waals surface area contributed by atoms with Crippen LogP contribution in [0.4, 0.5) is 0 Å². The van der Waals surface area contributed by atoms with Crippen molar-refractivity contribution >= 4 is 11.8 Å². The van der Waals surface area contributed by atoms with Crippen LogP contribution in [0.5, 0.6) is 0 Å². The zero-order valence-electron chi connectivity index (χ0n) is 10.3. The molecule has 0 spiro atoms. The lowest BCUT2D eigenvalue weighted by molar-refractivity contribution is 0.0641. The van der Waals surface area contributed by atoms with E-state index in [1.165, 1.54) is 4.90 Å². The Morgan fingerprint density at radius 3 is 2.28 bits per heavy atom. The van der Waals surface area contributed by atoms with Crippen molar-refractivity contribution in [2.24, 2.45) is 0 Å². The first kappa shape index (κ1) is 12.4. The highest BCUT2D eigenvalue weighted by Gasteiger charge is 2.34. The molecule has 18 heavy (non-hydrogen) atoms. The van der Waals surface area contributed by atoms with E-state index in [-0.39, 0.29) is 11.8 Å². The quantitative estimate of drug-likeness (QED) is 0.454. The second-order valence-corrected chi connectivity index (χ2v) is 4.21. The fraction of sp³-hybridized carbons (Fsp3) is 0.286. The van der Waals surface area contributed by atoms with E-state index in [1.807, 2.05) is 0 Å². The molecule has 0 fully saturated rings. The highest BCUT2D eigenvalue weighted by Crippen LogP contribution is 2.22. The van der Waals surface area contributed by atoms with E-state index < -0.39 is 0 Å². The Bertz CT molecular complexity index is 473. The molecule has 0 saturated carbocycles. The molecule has 4 heteroatoms. The lowest BCUT2D eigenvalue weighted by Gasteiger charge is -2.13. The number of imide groups is 1. The van der Waals surface area contributed by atoms with Gasteiger partial charge in [-0.2, -0.15) is 0 Å². The van der Waals surface area contributed by atoms with Gasteiger partial charge in [-0.1, -0.05) is 18.7 Å². The molecule has 2 rings (SSSR count). The SMILES string of the molecule is C=C(C)OCCCN1C(=O)c2ccccc2C1=O. The van der Waals surface area contributed by atoms with Crippen LogP contribution in [0.1, 0.15) is 34.1 Å². The van der Waals surface area contributed by atoms with Gasteiger partial charge in [-0.15, -0.1) is 0 Å². The van der Waals surface area contributed by atoms with Crippen molar-refractivity contribution in [1.82, 2.24) is 4.90 Å². The van der Waals surface area contributed by atoms with E-state index in [1.54, 1.807) is 31.2 Å². The lowest BCUT2D eigenvalue weighted by atomic mass is 10.1. The number of allylic oxidation sites excluding steroid dienone is 1. The molecule has 0 aliphatic carbocycles. The molecule has 0 N–H and O–H groups in total. The number of amides is 2. The Morgan fingerprint density at radius 2 is 1.78 bits per heavy atom. The van der Waals surface area contributed by atoms with E-state index in [0.29, 0.717) is 36.5 Å². The standard InChI is InChI=1S/C14H15NO3/c1-10(2)18-9-5-8-15-13(16)11-6-3-4-7-12(11)14(15)17/h3-4,6-7H,1,5,8-9H2,2H3. The third-order valence-electron chi connectivity index (χ3n) is 2.75. The van der Waals surface area contributed by atoms with Crippen molar-refractivity contribution in [3.8, 4) is 0 Å². The molecular formula is C14H15NO3. The molecular weight excluding hydrogens is 230 g/mol. The largest absolute Gasteiger partial charge is 0.499 e. The zero-order chi connectivity index (χ0) is 13.1. The van der Waals surface area contributed by atoms with Gasteiger partial charge in [-0.3, -0.25) is 14.5 Å². The summed E-state index contributed by atoms with van der Waals surface area (Å²) in [5.41, 5.74) is 0.978. The number of carbonyl (C=O) groups is 2. The van der Waals surface area contributed by atoms with Gasteiger partial charge in [0.05, 0.1) is 23.5 Å². The minimum absolute atomic E-state index is 0.217. The van der Waals surface area contributed by atoms with E-state index in [9.17, 15) is 9.59 Å². The number of hydrogen-bond acceptors (Lipinski definition) is 3. The average Bonchev–Trinajstić information content (AvgIpc) is 2.59. The number of ether oxygens (including phenoxy) is 1. The Morgan fingerprint density at radius 1 is 1.22 bits per heavy atom. The summed E-state index contributed by atoms with van der Waals surface area (Å²) in [6, 6.07) is 6.88. The first-order valence-corrected chi connectivity index (χ1v) is 5.85. The van der Waals surface area contributed by atoms with Gasteiger partial charge in [0.1, 0.15) is 0 Å². The maximum atomic E-state index is 12.0. The van der Waals surface area contributed by atoms with Crippen LogP contribution in [0.3, 0.4) is 0 Å². The molecule has 0 atom stereocenters. The molecule has 2 amide bonds. The summed E-state index contributed by atoms with van der Waals surface area (Å²) in [4.78, 5) is 25.2. The lowest BCUT2D eigenvalue weighted by Crippen LogP contribution is -2.31. The number of benzene rings is 1. The normalized spacial score (nSPS) is 13.7. The molecule has 1 heterocycles. The first-order chi connectivity index (χ1) is 8.61. The minimum Gasteiger partial charge on any atom is -0.499 e.